The molecule has 0 radical (unpaired) electrons. The lowest BCUT2D eigenvalue weighted by atomic mass is 9.98. The second-order valence-corrected chi connectivity index (χ2v) is 5.39. The van der Waals surface area contributed by atoms with Gasteiger partial charge in [0.1, 0.15) is 6.10 Å². The fraction of sp³-hybridized carbons (Fsp3) is 0.933. The summed E-state index contributed by atoms with van der Waals surface area (Å²) in [5, 5.41) is 0. The summed E-state index contributed by atoms with van der Waals surface area (Å²) in [6, 6.07) is 0. The van der Waals surface area contributed by atoms with E-state index in [0.29, 0.717) is 26.2 Å². The van der Waals surface area contributed by atoms with Gasteiger partial charge in [-0.3, -0.25) is 4.79 Å². The molecule has 0 aliphatic heterocycles. The van der Waals surface area contributed by atoms with Crippen LogP contribution in [0, 0.1) is 0 Å². The Balaban J connectivity index is 1.89. The van der Waals surface area contributed by atoms with Crippen molar-refractivity contribution in [2.75, 3.05) is 19.8 Å². The van der Waals surface area contributed by atoms with Crippen LogP contribution in [-0.2, 0) is 19.0 Å². The summed E-state index contributed by atoms with van der Waals surface area (Å²) < 4.78 is 16.2. The lowest BCUT2D eigenvalue weighted by molar-refractivity contribution is -0.150. The van der Waals surface area contributed by atoms with Gasteiger partial charge in [0.15, 0.2) is 0 Å². The molecule has 4 nitrogen and oxygen atoms in total. The van der Waals surface area contributed by atoms with E-state index in [-0.39, 0.29) is 18.2 Å². The molecule has 4 heteroatoms. The minimum atomic E-state index is -0.0751. The Morgan fingerprint density at radius 2 is 1.84 bits per heavy atom. The van der Waals surface area contributed by atoms with Crippen LogP contribution in [0.4, 0.5) is 0 Å². The Bertz CT molecular complexity index is 234. The van der Waals surface area contributed by atoms with Gasteiger partial charge in [-0.2, -0.15) is 0 Å². The van der Waals surface area contributed by atoms with Crippen LogP contribution in [0.3, 0.4) is 0 Å². The van der Waals surface area contributed by atoms with Gasteiger partial charge in [-0.15, -0.1) is 0 Å². The summed E-state index contributed by atoms with van der Waals surface area (Å²) >= 11 is 0. The molecular weight excluding hydrogens is 244 g/mol. The number of ether oxygens (including phenoxy) is 3. The average molecular weight is 272 g/mol. The van der Waals surface area contributed by atoms with E-state index >= 15 is 0 Å². The van der Waals surface area contributed by atoms with Crippen LogP contribution in [0.1, 0.15) is 58.8 Å². The second-order valence-electron chi connectivity index (χ2n) is 5.39. The molecule has 0 N–H and O–H groups in total. The summed E-state index contributed by atoms with van der Waals surface area (Å²) in [7, 11) is 0. The number of hydrogen-bond donors (Lipinski definition) is 0. The van der Waals surface area contributed by atoms with Crippen LogP contribution in [0.15, 0.2) is 0 Å². The molecule has 1 rings (SSSR count). The highest BCUT2D eigenvalue weighted by atomic mass is 16.5. The SMILES string of the molecule is CC(C)OCCOCCCC(=O)OC1CCCCC1. The minimum Gasteiger partial charge on any atom is -0.462 e. The van der Waals surface area contributed by atoms with Crippen molar-refractivity contribution in [3.8, 4) is 0 Å². The first kappa shape index (κ1) is 16.4. The number of rotatable bonds is 9. The Morgan fingerprint density at radius 1 is 1.11 bits per heavy atom. The standard InChI is InChI=1S/C15H28O4/c1-13(2)18-12-11-17-10-6-9-15(16)19-14-7-4-3-5-8-14/h13-14H,3-12H2,1-2H3. The van der Waals surface area contributed by atoms with Crippen molar-refractivity contribution in [3.63, 3.8) is 0 Å². The molecule has 1 aliphatic rings. The molecule has 0 unspecified atom stereocenters. The van der Waals surface area contributed by atoms with Gasteiger partial charge in [-0.25, -0.2) is 0 Å². The van der Waals surface area contributed by atoms with Crippen LogP contribution in [0.5, 0.6) is 0 Å². The number of esters is 1. The highest BCUT2D eigenvalue weighted by Crippen LogP contribution is 2.20. The molecule has 0 amide bonds. The topological polar surface area (TPSA) is 44.8 Å². The molecule has 0 aromatic carbocycles. The molecule has 0 aromatic heterocycles. The molecule has 112 valence electrons. The summed E-state index contributed by atoms with van der Waals surface area (Å²) in [6.45, 7) is 5.81. The van der Waals surface area contributed by atoms with Gasteiger partial charge < -0.3 is 14.2 Å². The highest BCUT2D eigenvalue weighted by Gasteiger charge is 2.17. The molecular formula is C15H28O4. The van der Waals surface area contributed by atoms with Gasteiger partial charge in [-0.05, 0) is 46.0 Å². The zero-order valence-electron chi connectivity index (χ0n) is 12.4. The fourth-order valence-corrected chi connectivity index (χ4v) is 2.19. The van der Waals surface area contributed by atoms with E-state index in [2.05, 4.69) is 0 Å². The Labute approximate surface area is 116 Å². The lowest BCUT2D eigenvalue weighted by Crippen LogP contribution is -2.21. The largest absolute Gasteiger partial charge is 0.462 e. The maximum atomic E-state index is 11.6. The van der Waals surface area contributed by atoms with Crippen LogP contribution in [0.2, 0.25) is 0 Å². The summed E-state index contributed by atoms with van der Waals surface area (Å²) in [5.41, 5.74) is 0. The molecule has 0 atom stereocenters. The molecule has 1 aliphatic carbocycles. The van der Waals surface area contributed by atoms with Crippen molar-refractivity contribution in [2.24, 2.45) is 0 Å². The van der Waals surface area contributed by atoms with E-state index < -0.39 is 0 Å². The summed E-state index contributed by atoms with van der Waals surface area (Å²) in [5.74, 6) is -0.0751. The average Bonchev–Trinajstić information content (AvgIpc) is 2.38. The summed E-state index contributed by atoms with van der Waals surface area (Å²) in [4.78, 5) is 11.6. The summed E-state index contributed by atoms with van der Waals surface area (Å²) in [6.07, 6.45) is 7.34. The van der Waals surface area contributed by atoms with Crippen molar-refractivity contribution in [2.45, 2.75) is 71.0 Å². The van der Waals surface area contributed by atoms with Crippen molar-refractivity contribution in [3.05, 3.63) is 0 Å². The highest BCUT2D eigenvalue weighted by molar-refractivity contribution is 5.69. The maximum Gasteiger partial charge on any atom is 0.306 e. The van der Waals surface area contributed by atoms with E-state index in [1.807, 2.05) is 13.8 Å². The van der Waals surface area contributed by atoms with Crippen molar-refractivity contribution >= 4 is 5.97 Å². The second kappa shape index (κ2) is 10.2. The quantitative estimate of drug-likeness (QED) is 0.478. The molecule has 0 bridgehead atoms. The third-order valence-corrected chi connectivity index (χ3v) is 3.20. The van der Waals surface area contributed by atoms with Crippen molar-refractivity contribution in [1.82, 2.24) is 0 Å². The normalized spacial score (nSPS) is 16.8. The number of carbonyl (C=O) groups excluding carboxylic acids is 1. The Hall–Kier alpha value is -0.610. The Kier molecular flexibility index (Phi) is 8.84. The zero-order chi connectivity index (χ0) is 13.9. The predicted molar refractivity (Wildman–Crippen MR) is 74.1 cm³/mol. The molecule has 1 saturated carbocycles. The number of hydrogen-bond acceptors (Lipinski definition) is 4. The van der Waals surface area contributed by atoms with E-state index in [1.165, 1.54) is 19.3 Å². The molecule has 19 heavy (non-hydrogen) atoms. The van der Waals surface area contributed by atoms with Gasteiger partial charge >= 0.3 is 5.97 Å². The lowest BCUT2D eigenvalue weighted by Gasteiger charge is -2.21. The van der Waals surface area contributed by atoms with Crippen molar-refractivity contribution < 1.29 is 19.0 Å². The molecule has 0 saturated heterocycles. The van der Waals surface area contributed by atoms with E-state index in [1.54, 1.807) is 0 Å². The van der Waals surface area contributed by atoms with Gasteiger partial charge in [0.05, 0.1) is 19.3 Å². The maximum absolute atomic E-state index is 11.6. The smallest absolute Gasteiger partial charge is 0.306 e. The van der Waals surface area contributed by atoms with Gasteiger partial charge in [0, 0.05) is 13.0 Å². The van der Waals surface area contributed by atoms with Crippen LogP contribution >= 0.6 is 0 Å². The van der Waals surface area contributed by atoms with Crippen molar-refractivity contribution in [1.29, 1.82) is 0 Å². The number of carbonyl (C=O) groups is 1. The van der Waals surface area contributed by atoms with Gasteiger partial charge in [0.25, 0.3) is 0 Å². The molecule has 1 fully saturated rings. The van der Waals surface area contributed by atoms with Gasteiger partial charge in [-0.1, -0.05) is 6.42 Å². The molecule has 0 heterocycles. The van der Waals surface area contributed by atoms with E-state index in [0.717, 1.165) is 19.3 Å². The first-order valence-corrected chi connectivity index (χ1v) is 7.57. The third-order valence-electron chi connectivity index (χ3n) is 3.20. The van der Waals surface area contributed by atoms with Crippen LogP contribution in [0.25, 0.3) is 0 Å². The monoisotopic (exact) mass is 272 g/mol. The third kappa shape index (κ3) is 9.00. The van der Waals surface area contributed by atoms with Crippen LogP contribution < -0.4 is 0 Å². The molecule has 0 aromatic rings. The zero-order valence-corrected chi connectivity index (χ0v) is 12.4. The van der Waals surface area contributed by atoms with Gasteiger partial charge in [0.2, 0.25) is 0 Å². The molecule has 0 spiro atoms. The van der Waals surface area contributed by atoms with E-state index in [9.17, 15) is 4.79 Å². The first-order chi connectivity index (χ1) is 9.18. The first-order valence-electron chi connectivity index (χ1n) is 7.57. The minimum absolute atomic E-state index is 0.0751. The van der Waals surface area contributed by atoms with Crippen LogP contribution in [-0.4, -0.2) is 38.0 Å². The van der Waals surface area contributed by atoms with E-state index in [4.69, 9.17) is 14.2 Å². The fourth-order valence-electron chi connectivity index (χ4n) is 2.19. The Morgan fingerprint density at radius 3 is 2.53 bits per heavy atom. The predicted octanol–water partition coefficient (Wildman–Crippen LogP) is 3.08.